The maximum Gasteiger partial charge on any atom is 0.349 e. The van der Waals surface area contributed by atoms with E-state index in [0.29, 0.717) is 0 Å². The number of carbonyl (C=O) groups is 2. The number of nitrogens with two attached hydrogens (primary N) is 1. The molecule has 0 aliphatic heterocycles. The molecule has 1 aromatic rings. The van der Waals surface area contributed by atoms with Crippen LogP contribution >= 0.6 is 0 Å². The molecule has 0 radical (unpaired) electrons. The fraction of sp³-hybridized carbons (Fsp3) is 0.111. The van der Waals surface area contributed by atoms with Crippen molar-refractivity contribution in [2.24, 2.45) is 5.73 Å². The Balaban J connectivity index is 0.00000196. The second-order valence-corrected chi connectivity index (χ2v) is 2.48. The van der Waals surface area contributed by atoms with Crippen LogP contribution in [0.25, 0.3) is 0 Å². The minimum atomic E-state index is -0.904. The summed E-state index contributed by atoms with van der Waals surface area (Å²) in [7, 11) is 0. The van der Waals surface area contributed by atoms with Gasteiger partial charge in [0.05, 0.1) is 6.54 Å². The van der Waals surface area contributed by atoms with Crippen molar-refractivity contribution < 1.29 is 38.9 Å². The SMILES string of the molecule is NCC(=O)OC(=O)c1ccccc1O.[Zn]. The van der Waals surface area contributed by atoms with Gasteiger partial charge in [-0.2, -0.15) is 0 Å². The monoisotopic (exact) mass is 259 g/mol. The molecule has 1 aromatic carbocycles. The van der Waals surface area contributed by atoms with Crippen molar-refractivity contribution in [3.63, 3.8) is 0 Å². The molecule has 0 heterocycles. The third-order valence-corrected chi connectivity index (χ3v) is 1.50. The summed E-state index contributed by atoms with van der Waals surface area (Å²) in [6.07, 6.45) is 0. The van der Waals surface area contributed by atoms with Crippen LogP contribution in [0.2, 0.25) is 0 Å². The zero-order chi connectivity index (χ0) is 10.6. The predicted molar refractivity (Wildman–Crippen MR) is 47.6 cm³/mol. The van der Waals surface area contributed by atoms with E-state index in [2.05, 4.69) is 4.74 Å². The number of ether oxygens (including phenoxy) is 1. The van der Waals surface area contributed by atoms with Crippen LogP contribution in [-0.4, -0.2) is 23.6 Å². The Morgan fingerprint density at radius 3 is 2.47 bits per heavy atom. The molecule has 0 bridgehead atoms. The first-order valence-corrected chi connectivity index (χ1v) is 3.88. The number of para-hydroxylation sites is 1. The van der Waals surface area contributed by atoms with E-state index in [4.69, 9.17) is 5.73 Å². The van der Waals surface area contributed by atoms with Gasteiger partial charge >= 0.3 is 11.9 Å². The van der Waals surface area contributed by atoms with Crippen LogP contribution in [0.4, 0.5) is 0 Å². The molecule has 5 nitrogen and oxygen atoms in total. The summed E-state index contributed by atoms with van der Waals surface area (Å²) in [6.45, 7) is -0.376. The summed E-state index contributed by atoms with van der Waals surface area (Å²) in [6, 6.07) is 5.77. The molecule has 1 rings (SSSR count). The molecule has 0 spiro atoms. The summed E-state index contributed by atoms with van der Waals surface area (Å²) in [4.78, 5) is 21.8. The van der Waals surface area contributed by atoms with E-state index < -0.39 is 11.9 Å². The topological polar surface area (TPSA) is 89.6 Å². The normalized spacial score (nSPS) is 8.87. The van der Waals surface area contributed by atoms with E-state index in [9.17, 15) is 14.7 Å². The smallest absolute Gasteiger partial charge is 0.349 e. The van der Waals surface area contributed by atoms with Gasteiger partial charge in [0.2, 0.25) is 0 Å². The molecule has 0 fully saturated rings. The van der Waals surface area contributed by atoms with E-state index in [1.165, 1.54) is 12.1 Å². The molecule has 0 amide bonds. The Kier molecular flexibility index (Phi) is 5.74. The molecule has 0 aliphatic carbocycles. The quantitative estimate of drug-likeness (QED) is 0.445. The number of rotatable bonds is 2. The summed E-state index contributed by atoms with van der Waals surface area (Å²) >= 11 is 0. The predicted octanol–water partition coefficient (Wildman–Crippen LogP) is 0.0318. The van der Waals surface area contributed by atoms with E-state index in [-0.39, 0.29) is 37.3 Å². The van der Waals surface area contributed by atoms with E-state index >= 15 is 0 Å². The Morgan fingerprint density at radius 2 is 1.93 bits per heavy atom. The zero-order valence-electron chi connectivity index (χ0n) is 7.97. The molecular weight excluding hydrogens is 251 g/mol. The second kappa shape index (κ2) is 6.27. The summed E-state index contributed by atoms with van der Waals surface area (Å²) in [5.74, 6) is -1.97. The molecule has 0 saturated carbocycles. The van der Waals surface area contributed by atoms with Crippen molar-refractivity contribution in [2.45, 2.75) is 0 Å². The molecule has 6 heteroatoms. The van der Waals surface area contributed by atoms with Gasteiger partial charge in [-0.3, -0.25) is 4.79 Å². The summed E-state index contributed by atoms with van der Waals surface area (Å²) in [5.41, 5.74) is 4.89. The molecule has 0 unspecified atom stereocenters. The van der Waals surface area contributed by atoms with Gasteiger partial charge in [-0.25, -0.2) is 4.79 Å². The minimum Gasteiger partial charge on any atom is -0.507 e. The first-order chi connectivity index (χ1) is 6.65. The molecule has 76 valence electrons. The van der Waals surface area contributed by atoms with Gasteiger partial charge in [0, 0.05) is 19.5 Å². The zero-order valence-corrected chi connectivity index (χ0v) is 10.9. The van der Waals surface area contributed by atoms with Crippen molar-refractivity contribution in [3.05, 3.63) is 29.8 Å². The number of esters is 2. The van der Waals surface area contributed by atoms with E-state index in [1.807, 2.05) is 0 Å². The maximum absolute atomic E-state index is 11.2. The summed E-state index contributed by atoms with van der Waals surface area (Å²) in [5, 5.41) is 9.22. The third kappa shape index (κ3) is 3.77. The Bertz CT molecular complexity index is 367. The van der Waals surface area contributed by atoms with E-state index in [1.54, 1.807) is 12.1 Å². The number of aromatic hydroxyl groups is 1. The second-order valence-electron chi connectivity index (χ2n) is 2.48. The Morgan fingerprint density at radius 1 is 1.33 bits per heavy atom. The molecule has 0 aromatic heterocycles. The van der Waals surface area contributed by atoms with Crippen molar-refractivity contribution in [1.82, 2.24) is 0 Å². The van der Waals surface area contributed by atoms with Gasteiger partial charge in [0.25, 0.3) is 0 Å². The number of phenols is 1. The number of phenolic OH excluding ortho intramolecular Hbond substituents is 1. The third-order valence-electron chi connectivity index (χ3n) is 1.50. The van der Waals surface area contributed by atoms with Crippen LogP contribution in [0.3, 0.4) is 0 Å². The van der Waals surface area contributed by atoms with Gasteiger partial charge in [-0.05, 0) is 12.1 Å². The standard InChI is InChI=1S/C9H9NO4.Zn/c10-5-8(12)14-9(13)6-3-1-2-4-7(6)11;/h1-4,11H,5,10H2;. The molecular formula is C9H9NO4Zn. The van der Waals surface area contributed by atoms with Crippen LogP contribution < -0.4 is 5.73 Å². The van der Waals surface area contributed by atoms with Crippen molar-refractivity contribution in [3.8, 4) is 5.75 Å². The Labute approximate surface area is 99.0 Å². The first-order valence-electron chi connectivity index (χ1n) is 3.88. The van der Waals surface area contributed by atoms with Crippen LogP contribution in [0.5, 0.6) is 5.75 Å². The van der Waals surface area contributed by atoms with Gasteiger partial charge in [-0.1, -0.05) is 12.1 Å². The first kappa shape index (κ1) is 13.7. The average Bonchev–Trinajstić information content (AvgIpc) is 2.18. The molecule has 15 heavy (non-hydrogen) atoms. The van der Waals surface area contributed by atoms with Crippen LogP contribution in [0.1, 0.15) is 10.4 Å². The summed E-state index contributed by atoms with van der Waals surface area (Å²) < 4.78 is 4.30. The van der Waals surface area contributed by atoms with Crippen molar-refractivity contribution >= 4 is 11.9 Å². The molecule has 0 saturated heterocycles. The van der Waals surface area contributed by atoms with Crippen molar-refractivity contribution in [1.29, 1.82) is 0 Å². The maximum atomic E-state index is 11.2. The van der Waals surface area contributed by atoms with Gasteiger partial charge in [0.1, 0.15) is 11.3 Å². The van der Waals surface area contributed by atoms with Gasteiger partial charge in [-0.15, -0.1) is 0 Å². The number of hydrogen-bond donors (Lipinski definition) is 2. The van der Waals surface area contributed by atoms with Crippen LogP contribution in [0.15, 0.2) is 24.3 Å². The van der Waals surface area contributed by atoms with Crippen LogP contribution in [0, 0.1) is 0 Å². The average molecular weight is 261 g/mol. The number of benzene rings is 1. The molecule has 0 atom stereocenters. The van der Waals surface area contributed by atoms with Crippen molar-refractivity contribution in [2.75, 3.05) is 6.54 Å². The number of carbonyl (C=O) groups excluding carboxylic acids is 2. The minimum absolute atomic E-state index is 0. The van der Waals surface area contributed by atoms with Gasteiger partial charge < -0.3 is 15.6 Å². The largest absolute Gasteiger partial charge is 0.507 e. The Hall–Kier alpha value is -1.26. The molecule has 3 N–H and O–H groups in total. The van der Waals surface area contributed by atoms with Gasteiger partial charge in [0.15, 0.2) is 0 Å². The molecule has 0 aliphatic rings. The fourth-order valence-electron chi connectivity index (χ4n) is 0.846. The fourth-order valence-corrected chi connectivity index (χ4v) is 0.846. The van der Waals surface area contributed by atoms with E-state index in [0.717, 1.165) is 0 Å². The van der Waals surface area contributed by atoms with Crippen LogP contribution in [-0.2, 0) is 29.0 Å². The number of hydrogen-bond acceptors (Lipinski definition) is 5.